The molecule has 2 atom stereocenters. The molecule has 0 fully saturated rings. The molecule has 1 aliphatic rings. The first kappa shape index (κ1) is 18.4. The smallest absolute Gasteiger partial charge is 0.325 e. The van der Waals surface area contributed by atoms with Gasteiger partial charge in [0.05, 0.1) is 10.5 Å². The van der Waals surface area contributed by atoms with Gasteiger partial charge in [0, 0.05) is 24.2 Å². The molecule has 1 aromatic heterocycles. The van der Waals surface area contributed by atoms with Crippen molar-refractivity contribution in [2.75, 3.05) is 5.32 Å². The van der Waals surface area contributed by atoms with E-state index < -0.39 is 34.2 Å². The SMILES string of the molecule is O=C(Nc1ccc(C(F)(F)F)cc1)C1C=CC=CC1(n1ccnc1)[N+](=O)[O-]. The van der Waals surface area contributed by atoms with Gasteiger partial charge in [0.15, 0.2) is 5.92 Å². The van der Waals surface area contributed by atoms with Crippen LogP contribution in [0.1, 0.15) is 5.56 Å². The lowest BCUT2D eigenvalue weighted by molar-refractivity contribution is -0.591. The Bertz CT molecular complexity index is 905. The lowest BCUT2D eigenvalue weighted by Crippen LogP contribution is -2.50. The number of hydrogen-bond acceptors (Lipinski definition) is 4. The summed E-state index contributed by atoms with van der Waals surface area (Å²) in [6, 6.07) is 3.83. The van der Waals surface area contributed by atoms with Gasteiger partial charge in [-0.25, -0.2) is 4.98 Å². The number of halogens is 3. The minimum atomic E-state index is -4.50. The number of aromatic nitrogens is 2. The molecule has 27 heavy (non-hydrogen) atoms. The fraction of sp³-hybridized carbons (Fsp3) is 0.176. The van der Waals surface area contributed by atoms with Crippen LogP contribution in [0.5, 0.6) is 0 Å². The Kier molecular flexibility index (Phi) is 4.56. The molecule has 0 saturated carbocycles. The Morgan fingerprint density at radius 3 is 2.52 bits per heavy atom. The first-order chi connectivity index (χ1) is 12.7. The number of nitrogens with zero attached hydrogens (tertiary/aromatic N) is 3. The number of hydrogen-bond donors (Lipinski definition) is 1. The molecule has 2 aromatic rings. The minimum absolute atomic E-state index is 0.0961. The number of carbonyl (C=O) groups is 1. The minimum Gasteiger partial charge on any atom is -0.325 e. The number of imidazole rings is 1. The number of anilines is 1. The molecule has 0 radical (unpaired) electrons. The molecule has 1 aromatic carbocycles. The highest BCUT2D eigenvalue weighted by atomic mass is 19.4. The van der Waals surface area contributed by atoms with Crippen LogP contribution in [0, 0.1) is 16.0 Å². The molecule has 0 spiro atoms. The van der Waals surface area contributed by atoms with Crippen molar-refractivity contribution in [1.82, 2.24) is 9.55 Å². The van der Waals surface area contributed by atoms with Crippen molar-refractivity contribution in [2.45, 2.75) is 11.8 Å². The molecule has 0 saturated heterocycles. The van der Waals surface area contributed by atoms with Crippen LogP contribution in [0.2, 0.25) is 0 Å². The summed E-state index contributed by atoms with van der Waals surface area (Å²) in [6.07, 6.45) is 5.02. The van der Waals surface area contributed by atoms with E-state index in [-0.39, 0.29) is 5.69 Å². The van der Waals surface area contributed by atoms with Crippen molar-refractivity contribution in [3.8, 4) is 0 Å². The van der Waals surface area contributed by atoms with Gasteiger partial charge in [0.25, 0.3) is 0 Å². The second kappa shape index (κ2) is 6.71. The summed E-state index contributed by atoms with van der Waals surface area (Å²) in [6.45, 7) is 0. The van der Waals surface area contributed by atoms with Gasteiger partial charge in [-0.3, -0.25) is 19.5 Å². The molecule has 10 heteroatoms. The molecule has 2 unspecified atom stereocenters. The van der Waals surface area contributed by atoms with Gasteiger partial charge in [0.1, 0.15) is 6.33 Å². The van der Waals surface area contributed by atoms with Crippen LogP contribution in [0.25, 0.3) is 0 Å². The quantitative estimate of drug-likeness (QED) is 0.653. The third-order valence-electron chi connectivity index (χ3n) is 4.19. The van der Waals surface area contributed by atoms with Gasteiger partial charge in [-0.1, -0.05) is 18.2 Å². The van der Waals surface area contributed by atoms with Gasteiger partial charge in [-0.2, -0.15) is 13.2 Å². The lowest BCUT2D eigenvalue weighted by atomic mass is 9.87. The number of amides is 1. The Balaban J connectivity index is 1.89. The van der Waals surface area contributed by atoms with Crippen molar-refractivity contribution in [3.63, 3.8) is 0 Å². The summed E-state index contributed by atoms with van der Waals surface area (Å²) in [5.74, 6) is -1.98. The van der Waals surface area contributed by atoms with E-state index in [2.05, 4.69) is 10.3 Å². The van der Waals surface area contributed by atoms with E-state index in [1.54, 1.807) is 0 Å². The van der Waals surface area contributed by atoms with Gasteiger partial charge in [-0.05, 0) is 24.3 Å². The standard InChI is InChI=1S/C17H13F3N4O3/c18-17(19,20)12-4-6-13(7-5-12)22-15(25)14-3-1-2-8-16(14,24(26)27)23-10-9-21-11-23/h1-11,14H,(H,22,25). The van der Waals surface area contributed by atoms with Crippen LogP contribution in [-0.4, -0.2) is 20.4 Å². The fourth-order valence-electron chi connectivity index (χ4n) is 2.85. The summed E-state index contributed by atoms with van der Waals surface area (Å²) >= 11 is 0. The van der Waals surface area contributed by atoms with E-state index in [0.29, 0.717) is 0 Å². The molecule has 1 aliphatic carbocycles. The Morgan fingerprint density at radius 2 is 1.96 bits per heavy atom. The van der Waals surface area contributed by atoms with Crippen LogP contribution >= 0.6 is 0 Å². The summed E-state index contributed by atoms with van der Waals surface area (Å²) in [5.41, 5.74) is -2.70. The number of rotatable bonds is 4. The number of nitro groups is 1. The van der Waals surface area contributed by atoms with Crippen molar-refractivity contribution >= 4 is 11.6 Å². The molecule has 140 valence electrons. The fourth-order valence-corrected chi connectivity index (χ4v) is 2.85. The molecule has 1 amide bonds. The summed E-state index contributed by atoms with van der Waals surface area (Å²) in [5, 5.41) is 14.3. The number of carbonyl (C=O) groups excluding carboxylic acids is 1. The van der Waals surface area contributed by atoms with Gasteiger partial charge in [0.2, 0.25) is 5.91 Å². The zero-order valence-electron chi connectivity index (χ0n) is 13.6. The number of alkyl halides is 3. The topological polar surface area (TPSA) is 90.1 Å². The first-order valence-electron chi connectivity index (χ1n) is 7.72. The van der Waals surface area contributed by atoms with Crippen molar-refractivity contribution in [2.24, 2.45) is 5.92 Å². The predicted molar refractivity (Wildman–Crippen MR) is 89.0 cm³/mol. The third kappa shape index (κ3) is 3.33. The molecule has 1 N–H and O–H groups in total. The zero-order valence-corrected chi connectivity index (χ0v) is 13.6. The van der Waals surface area contributed by atoms with E-state index in [9.17, 15) is 28.1 Å². The lowest BCUT2D eigenvalue weighted by Gasteiger charge is -2.30. The first-order valence-corrected chi connectivity index (χ1v) is 7.72. The molecule has 7 nitrogen and oxygen atoms in total. The van der Waals surface area contributed by atoms with Gasteiger partial charge < -0.3 is 5.32 Å². The van der Waals surface area contributed by atoms with Gasteiger partial charge in [-0.15, -0.1) is 0 Å². The average Bonchev–Trinajstić information content (AvgIpc) is 3.16. The third-order valence-corrected chi connectivity index (χ3v) is 4.19. The normalized spacial score (nSPS) is 21.8. The highest BCUT2D eigenvalue weighted by Crippen LogP contribution is 2.34. The summed E-state index contributed by atoms with van der Waals surface area (Å²) in [7, 11) is 0. The highest BCUT2D eigenvalue weighted by molar-refractivity contribution is 5.94. The van der Waals surface area contributed by atoms with Crippen LogP contribution in [0.3, 0.4) is 0 Å². The monoisotopic (exact) mass is 378 g/mol. The molecular formula is C17H13F3N4O3. The van der Waals surface area contributed by atoms with Crippen LogP contribution in [0.15, 0.2) is 67.3 Å². The van der Waals surface area contributed by atoms with Crippen molar-refractivity contribution in [1.29, 1.82) is 0 Å². The predicted octanol–water partition coefficient (Wildman–Crippen LogP) is 3.21. The molecule has 3 rings (SSSR count). The number of benzene rings is 1. The van der Waals surface area contributed by atoms with E-state index in [1.165, 1.54) is 47.6 Å². The Morgan fingerprint density at radius 1 is 1.26 bits per heavy atom. The largest absolute Gasteiger partial charge is 0.416 e. The van der Waals surface area contributed by atoms with E-state index in [4.69, 9.17) is 0 Å². The van der Waals surface area contributed by atoms with Crippen LogP contribution in [-0.2, 0) is 16.6 Å². The van der Waals surface area contributed by atoms with Crippen LogP contribution in [0.4, 0.5) is 18.9 Å². The van der Waals surface area contributed by atoms with Gasteiger partial charge >= 0.3 is 11.8 Å². The highest BCUT2D eigenvalue weighted by Gasteiger charge is 2.53. The summed E-state index contributed by atoms with van der Waals surface area (Å²) < 4.78 is 39.1. The van der Waals surface area contributed by atoms with Crippen LogP contribution < -0.4 is 5.32 Å². The van der Waals surface area contributed by atoms with Crippen molar-refractivity contribution in [3.05, 3.63) is 83.0 Å². The average molecular weight is 378 g/mol. The second-order valence-electron chi connectivity index (χ2n) is 5.80. The van der Waals surface area contributed by atoms with E-state index in [0.717, 1.165) is 24.3 Å². The van der Waals surface area contributed by atoms with E-state index in [1.807, 2.05) is 0 Å². The Hall–Kier alpha value is -3.43. The molecule has 0 aliphatic heterocycles. The summed E-state index contributed by atoms with van der Waals surface area (Å²) in [4.78, 5) is 27.8. The van der Waals surface area contributed by atoms with Crippen molar-refractivity contribution < 1.29 is 22.9 Å². The maximum Gasteiger partial charge on any atom is 0.416 e. The maximum absolute atomic E-state index is 12.7. The number of nitrogens with one attached hydrogen (secondary N) is 1. The number of allylic oxidation sites excluding steroid dienone is 2. The Labute approximate surface area is 151 Å². The molecule has 1 heterocycles. The molecular weight excluding hydrogens is 365 g/mol. The second-order valence-corrected chi connectivity index (χ2v) is 5.80. The maximum atomic E-state index is 12.7. The molecule has 0 bridgehead atoms. The zero-order chi connectivity index (χ0) is 19.7. The van der Waals surface area contributed by atoms with E-state index >= 15 is 0 Å².